The number of ether oxygens (including phenoxy) is 1. The van der Waals surface area contributed by atoms with Crippen LogP contribution in [0.5, 0.6) is 0 Å². The molecular formula is C6H8F2O5S. The predicted molar refractivity (Wildman–Crippen MR) is 40.2 cm³/mol. The van der Waals surface area contributed by atoms with E-state index in [4.69, 9.17) is 4.55 Å². The highest BCUT2D eigenvalue weighted by molar-refractivity contribution is 7.86. The molecule has 0 spiro atoms. The lowest BCUT2D eigenvalue weighted by Crippen LogP contribution is -2.34. The van der Waals surface area contributed by atoms with Crippen LogP contribution in [0.2, 0.25) is 0 Å². The first-order chi connectivity index (χ1) is 6.24. The van der Waals surface area contributed by atoms with Gasteiger partial charge in [-0.1, -0.05) is 0 Å². The maximum absolute atomic E-state index is 12.5. The summed E-state index contributed by atoms with van der Waals surface area (Å²) in [5.41, 5.74) is 0. The van der Waals surface area contributed by atoms with Crippen LogP contribution < -0.4 is 0 Å². The monoisotopic (exact) mass is 230 g/mol. The van der Waals surface area contributed by atoms with Crippen molar-refractivity contribution >= 4 is 16.1 Å². The number of carbonyl (C=O) groups excluding carboxylic acids is 1. The molecule has 0 aromatic carbocycles. The summed E-state index contributed by atoms with van der Waals surface area (Å²) in [6, 6.07) is 0. The van der Waals surface area contributed by atoms with Crippen molar-refractivity contribution in [1.29, 1.82) is 0 Å². The lowest BCUT2D eigenvalue weighted by molar-refractivity contribution is -0.151. The standard InChI is InChI=1S/C6H8F2O5S/c7-6(8,14(10,11)12)3-13-5(9)4-1-2-4/h4H,1-3H2,(H,10,11,12). The van der Waals surface area contributed by atoms with E-state index < -0.39 is 33.9 Å². The molecule has 0 bridgehead atoms. The predicted octanol–water partition coefficient (Wildman–Crippen LogP) is 0.420. The zero-order valence-electron chi connectivity index (χ0n) is 6.94. The van der Waals surface area contributed by atoms with Crippen LogP contribution in [0.4, 0.5) is 8.78 Å². The summed E-state index contributed by atoms with van der Waals surface area (Å²) in [7, 11) is -5.51. The molecule has 0 heterocycles. The van der Waals surface area contributed by atoms with Gasteiger partial charge in [-0.2, -0.15) is 17.2 Å². The van der Waals surface area contributed by atoms with Gasteiger partial charge in [0.1, 0.15) is 0 Å². The summed E-state index contributed by atoms with van der Waals surface area (Å²) < 4.78 is 57.1. The number of rotatable bonds is 4. The fourth-order valence-electron chi connectivity index (χ4n) is 0.666. The summed E-state index contributed by atoms with van der Waals surface area (Å²) in [6.07, 6.45) is 1.13. The Morgan fingerprint density at radius 1 is 1.50 bits per heavy atom. The van der Waals surface area contributed by atoms with Crippen molar-refractivity contribution in [1.82, 2.24) is 0 Å². The summed E-state index contributed by atoms with van der Waals surface area (Å²) in [4.78, 5) is 10.7. The van der Waals surface area contributed by atoms with E-state index in [9.17, 15) is 22.0 Å². The van der Waals surface area contributed by atoms with E-state index in [-0.39, 0.29) is 0 Å². The zero-order valence-corrected chi connectivity index (χ0v) is 7.76. The third kappa shape index (κ3) is 2.61. The molecule has 14 heavy (non-hydrogen) atoms. The van der Waals surface area contributed by atoms with Crippen molar-refractivity contribution in [3.05, 3.63) is 0 Å². The molecule has 1 N–H and O–H groups in total. The average Bonchev–Trinajstić information content (AvgIpc) is 2.80. The van der Waals surface area contributed by atoms with Crippen molar-refractivity contribution in [3.63, 3.8) is 0 Å². The van der Waals surface area contributed by atoms with E-state index in [0.717, 1.165) is 0 Å². The van der Waals surface area contributed by atoms with Crippen molar-refractivity contribution in [2.75, 3.05) is 6.61 Å². The highest BCUT2D eigenvalue weighted by Gasteiger charge is 2.46. The number of esters is 1. The van der Waals surface area contributed by atoms with Gasteiger partial charge in [0.2, 0.25) is 0 Å². The van der Waals surface area contributed by atoms with Gasteiger partial charge in [-0.3, -0.25) is 9.35 Å². The Bertz CT molecular complexity index is 332. The van der Waals surface area contributed by atoms with E-state index in [1.54, 1.807) is 0 Å². The molecule has 0 radical (unpaired) electrons. The fraction of sp³-hybridized carbons (Fsp3) is 0.833. The largest absolute Gasteiger partial charge is 0.458 e. The van der Waals surface area contributed by atoms with Crippen LogP contribution in [0.1, 0.15) is 12.8 Å². The second-order valence-corrected chi connectivity index (χ2v) is 4.54. The molecule has 0 saturated heterocycles. The second kappa shape index (κ2) is 3.43. The van der Waals surface area contributed by atoms with Gasteiger partial charge in [-0.25, -0.2) is 0 Å². The van der Waals surface area contributed by atoms with Crippen LogP contribution in [0.3, 0.4) is 0 Å². The van der Waals surface area contributed by atoms with Gasteiger partial charge >= 0.3 is 21.3 Å². The molecule has 0 aliphatic heterocycles. The van der Waals surface area contributed by atoms with Crippen LogP contribution in [-0.4, -0.2) is 30.8 Å². The van der Waals surface area contributed by atoms with Crippen LogP contribution >= 0.6 is 0 Å². The normalized spacial score (nSPS) is 17.9. The van der Waals surface area contributed by atoms with Gasteiger partial charge in [0.05, 0.1) is 5.92 Å². The minimum Gasteiger partial charge on any atom is -0.458 e. The Balaban J connectivity index is 2.47. The molecule has 1 saturated carbocycles. The van der Waals surface area contributed by atoms with Crippen LogP contribution in [0.25, 0.3) is 0 Å². The number of hydrogen-bond acceptors (Lipinski definition) is 4. The number of hydrogen-bond donors (Lipinski definition) is 1. The van der Waals surface area contributed by atoms with Gasteiger partial charge in [-0.15, -0.1) is 0 Å². The van der Waals surface area contributed by atoms with Crippen LogP contribution in [0, 0.1) is 5.92 Å². The molecule has 1 aliphatic carbocycles. The maximum atomic E-state index is 12.5. The van der Waals surface area contributed by atoms with Gasteiger partial charge in [0.25, 0.3) is 0 Å². The van der Waals surface area contributed by atoms with E-state index in [0.29, 0.717) is 12.8 Å². The second-order valence-electron chi connectivity index (χ2n) is 2.99. The van der Waals surface area contributed by atoms with Crippen LogP contribution in [0.15, 0.2) is 0 Å². The fourth-order valence-corrected chi connectivity index (χ4v) is 0.874. The lowest BCUT2D eigenvalue weighted by Gasteiger charge is -2.12. The Morgan fingerprint density at radius 2 is 2.00 bits per heavy atom. The maximum Gasteiger partial charge on any atom is 0.402 e. The van der Waals surface area contributed by atoms with E-state index >= 15 is 0 Å². The molecule has 0 amide bonds. The minimum absolute atomic E-state index is 0.396. The summed E-state index contributed by atoms with van der Waals surface area (Å²) in [5.74, 6) is -1.25. The lowest BCUT2D eigenvalue weighted by atomic mass is 10.4. The Hall–Kier alpha value is -0.760. The SMILES string of the molecule is O=C(OCC(F)(F)S(=O)(=O)O)C1CC1. The molecule has 82 valence electrons. The van der Waals surface area contributed by atoms with Crippen molar-refractivity contribution in [3.8, 4) is 0 Å². The number of halogens is 2. The topological polar surface area (TPSA) is 80.7 Å². The molecule has 0 aromatic rings. The summed E-state index contributed by atoms with van der Waals surface area (Å²) >= 11 is 0. The smallest absolute Gasteiger partial charge is 0.402 e. The number of alkyl halides is 2. The first kappa shape index (κ1) is 11.3. The Kier molecular flexibility index (Phi) is 2.77. The molecule has 5 nitrogen and oxygen atoms in total. The van der Waals surface area contributed by atoms with E-state index in [1.165, 1.54) is 0 Å². The van der Waals surface area contributed by atoms with Gasteiger partial charge in [0.15, 0.2) is 6.61 Å². The first-order valence-electron chi connectivity index (χ1n) is 3.75. The van der Waals surface area contributed by atoms with Gasteiger partial charge in [-0.05, 0) is 12.8 Å². The molecular weight excluding hydrogens is 222 g/mol. The molecule has 8 heteroatoms. The highest BCUT2D eigenvalue weighted by Crippen LogP contribution is 2.31. The zero-order chi connectivity index (χ0) is 11.0. The molecule has 1 aliphatic rings. The van der Waals surface area contributed by atoms with E-state index in [1.807, 2.05) is 0 Å². The third-order valence-electron chi connectivity index (χ3n) is 1.67. The number of carbonyl (C=O) groups is 1. The summed E-state index contributed by atoms with van der Waals surface area (Å²) in [5, 5.41) is -4.43. The first-order valence-corrected chi connectivity index (χ1v) is 5.19. The Morgan fingerprint density at radius 3 is 2.36 bits per heavy atom. The van der Waals surface area contributed by atoms with Gasteiger partial charge in [0, 0.05) is 0 Å². The minimum atomic E-state index is -5.51. The van der Waals surface area contributed by atoms with Crippen molar-refractivity contribution in [2.24, 2.45) is 5.92 Å². The third-order valence-corrected chi connectivity index (χ3v) is 2.54. The van der Waals surface area contributed by atoms with Crippen molar-refractivity contribution in [2.45, 2.75) is 18.1 Å². The molecule has 1 rings (SSSR count). The van der Waals surface area contributed by atoms with Gasteiger partial charge < -0.3 is 4.74 Å². The highest BCUT2D eigenvalue weighted by atomic mass is 32.2. The molecule has 1 fully saturated rings. The Labute approximate surface area is 78.8 Å². The van der Waals surface area contributed by atoms with E-state index in [2.05, 4.69) is 4.74 Å². The van der Waals surface area contributed by atoms with Crippen LogP contribution in [-0.2, 0) is 19.6 Å². The van der Waals surface area contributed by atoms with Crippen molar-refractivity contribution < 1.29 is 31.3 Å². The summed E-state index contributed by atoms with van der Waals surface area (Å²) in [6.45, 7) is -1.64. The molecule has 0 unspecified atom stereocenters. The quantitative estimate of drug-likeness (QED) is 0.559. The molecule has 0 atom stereocenters. The average molecular weight is 230 g/mol. The molecule has 0 aromatic heterocycles.